The lowest BCUT2D eigenvalue weighted by Gasteiger charge is -2.50. The number of amides is 1. The maximum Gasteiger partial charge on any atom is 0.508 e. The number of aliphatic hydroxyl groups is 1. The number of β-lactam (4-membered cyclic amide) rings is 1. The van der Waals surface area contributed by atoms with Crippen LogP contribution in [0, 0.1) is 11.3 Å². The molecule has 1 fully saturated rings. The van der Waals surface area contributed by atoms with Gasteiger partial charge in [0, 0.05) is 23.4 Å². The fourth-order valence-electron chi connectivity index (χ4n) is 6.12. The van der Waals surface area contributed by atoms with Crippen LogP contribution in [0.25, 0.3) is 10.4 Å². The molecule has 1 saturated heterocycles. The summed E-state index contributed by atoms with van der Waals surface area (Å²) in [4.78, 5) is 44.3. The molecule has 0 saturated carbocycles. The first kappa shape index (κ1) is 32.0. The third-order valence-electron chi connectivity index (χ3n) is 8.21. The summed E-state index contributed by atoms with van der Waals surface area (Å²) in [6, 6.07) is -0.707. The number of fused-ring (bicyclic) bond motifs is 2. The van der Waals surface area contributed by atoms with Crippen molar-refractivity contribution in [2.75, 3.05) is 12.9 Å². The fourth-order valence-corrected chi connectivity index (χ4v) is 8.51. The largest absolute Gasteiger partial charge is 0.508 e. The third-order valence-corrected chi connectivity index (χ3v) is 10.5. The van der Waals surface area contributed by atoms with Crippen molar-refractivity contribution in [3.05, 3.63) is 23.1 Å². The summed E-state index contributed by atoms with van der Waals surface area (Å²) in [6.45, 7) is 7.28. The van der Waals surface area contributed by atoms with Gasteiger partial charge in [-0.2, -0.15) is 0 Å². The quantitative estimate of drug-likeness (QED) is 0.230. The Hall–Kier alpha value is -2.97. The number of carboxylic acids is 1. The maximum absolute atomic E-state index is 13.1. The van der Waals surface area contributed by atoms with Gasteiger partial charge in [-0.05, 0) is 26.2 Å². The first-order valence-corrected chi connectivity index (χ1v) is 17.0. The van der Waals surface area contributed by atoms with Gasteiger partial charge in [-0.25, -0.2) is 23.0 Å². The van der Waals surface area contributed by atoms with Gasteiger partial charge in [-0.1, -0.05) is 46.5 Å². The number of sulfone groups is 1. The molecule has 2 aliphatic rings. The van der Waals surface area contributed by atoms with Gasteiger partial charge >= 0.3 is 12.1 Å². The first-order valence-electron chi connectivity index (χ1n) is 14.3. The Labute approximate surface area is 249 Å². The zero-order valence-corrected chi connectivity index (χ0v) is 26.2. The molecular formula is C28H39N3O9S2. The van der Waals surface area contributed by atoms with E-state index in [1.54, 1.807) is 13.1 Å². The molecule has 0 spiro atoms. The van der Waals surface area contributed by atoms with E-state index in [0.29, 0.717) is 15.3 Å². The van der Waals surface area contributed by atoms with Crippen LogP contribution >= 0.6 is 11.3 Å². The van der Waals surface area contributed by atoms with Gasteiger partial charge in [0.25, 0.3) is 0 Å². The number of carbonyl (C=O) groups excluding carboxylic acids is 2. The monoisotopic (exact) mass is 625 g/mol. The Morgan fingerprint density at radius 1 is 1.21 bits per heavy atom. The lowest BCUT2D eigenvalue weighted by atomic mass is 9.66. The van der Waals surface area contributed by atoms with E-state index in [4.69, 9.17) is 9.47 Å². The molecule has 4 atom stereocenters. The number of rotatable bonds is 14. The Balaban J connectivity index is 1.66. The molecule has 14 heteroatoms. The lowest BCUT2D eigenvalue weighted by molar-refractivity contribution is -0.167. The topological polar surface area (TPSA) is 165 Å². The van der Waals surface area contributed by atoms with Crippen LogP contribution in [0.1, 0.15) is 77.5 Å². The number of hydrogen-bond donors (Lipinski definition) is 2. The van der Waals surface area contributed by atoms with Gasteiger partial charge in [-0.15, -0.1) is 11.3 Å². The molecule has 2 aliphatic heterocycles. The van der Waals surface area contributed by atoms with Crippen molar-refractivity contribution < 1.29 is 42.5 Å². The molecule has 12 nitrogen and oxygen atoms in total. The maximum atomic E-state index is 13.1. The van der Waals surface area contributed by atoms with Crippen LogP contribution in [-0.2, 0) is 28.9 Å². The molecule has 0 radical (unpaired) electrons. The van der Waals surface area contributed by atoms with Crippen molar-refractivity contribution in [1.82, 2.24) is 14.3 Å². The highest BCUT2D eigenvalue weighted by Crippen LogP contribution is 2.60. The highest BCUT2D eigenvalue weighted by atomic mass is 32.2. The second kappa shape index (κ2) is 12.3. The second-order valence-electron chi connectivity index (χ2n) is 11.4. The van der Waals surface area contributed by atoms with E-state index in [1.807, 2.05) is 0 Å². The number of aromatic nitrogens is 2. The molecule has 2 aromatic rings. The van der Waals surface area contributed by atoms with Crippen LogP contribution in [0.4, 0.5) is 4.79 Å². The van der Waals surface area contributed by atoms with Gasteiger partial charge in [0.05, 0.1) is 29.5 Å². The van der Waals surface area contributed by atoms with Crippen LogP contribution in [0.3, 0.4) is 0 Å². The van der Waals surface area contributed by atoms with Crippen molar-refractivity contribution in [3.8, 4) is 0 Å². The van der Waals surface area contributed by atoms with Crippen LogP contribution in [-0.4, -0.2) is 82.1 Å². The molecule has 0 aliphatic carbocycles. The molecule has 42 heavy (non-hydrogen) atoms. The molecule has 4 heterocycles. The molecule has 232 valence electrons. The number of nitrogens with zero attached hydrogens (tertiary/aromatic N) is 3. The van der Waals surface area contributed by atoms with E-state index in [0.717, 1.165) is 56.1 Å². The molecule has 0 bridgehead atoms. The number of thiazole rings is 1. The van der Waals surface area contributed by atoms with E-state index in [9.17, 15) is 33.0 Å². The number of aliphatic hydroxyl groups excluding tert-OH is 1. The molecule has 4 rings (SSSR count). The summed E-state index contributed by atoms with van der Waals surface area (Å²) in [5, 5.41) is 20.6. The Morgan fingerprint density at radius 3 is 2.40 bits per heavy atom. The standard InChI is InChI=1S/C28H39N3O9S2/c1-6-8-10-17(11-9-7-2)40-27(36)39-13-12-28(4)20(18-14-30-15-29-23(25(30)41-18)42(5,37)38)21(26(34)35)31-22(28)19(16(3)32)24(31)33/h14-17,19,22,32H,6-13H2,1-5H3,(H,34,35)/t16-,19-,22-,28+/m1/s1. The van der Waals surface area contributed by atoms with Gasteiger partial charge in [0.1, 0.15) is 23.0 Å². The number of carboxylic acid groups (broad SMARTS) is 1. The van der Waals surface area contributed by atoms with Gasteiger partial charge in [0.15, 0.2) is 14.9 Å². The van der Waals surface area contributed by atoms with E-state index in [1.165, 1.54) is 22.6 Å². The van der Waals surface area contributed by atoms with Crippen LogP contribution in [0.15, 0.2) is 23.2 Å². The Kier molecular flexibility index (Phi) is 9.38. The number of imidazole rings is 1. The lowest BCUT2D eigenvalue weighted by Crippen LogP contribution is -2.66. The number of hydrogen-bond acceptors (Lipinski definition) is 10. The minimum Gasteiger partial charge on any atom is -0.477 e. The normalized spacial score (nSPS) is 22.9. The van der Waals surface area contributed by atoms with E-state index >= 15 is 0 Å². The summed E-state index contributed by atoms with van der Waals surface area (Å²) >= 11 is 1.05. The Morgan fingerprint density at radius 2 is 1.86 bits per heavy atom. The number of carbonyl (C=O) groups is 3. The molecule has 2 N–H and O–H groups in total. The van der Waals surface area contributed by atoms with Crippen molar-refractivity contribution in [2.24, 2.45) is 11.3 Å². The van der Waals surface area contributed by atoms with Crippen molar-refractivity contribution in [2.45, 2.75) is 95.9 Å². The molecule has 1 amide bonds. The van der Waals surface area contributed by atoms with E-state index < -0.39 is 51.3 Å². The van der Waals surface area contributed by atoms with Crippen molar-refractivity contribution in [3.63, 3.8) is 0 Å². The van der Waals surface area contributed by atoms with Gasteiger partial charge < -0.3 is 24.6 Å². The Bertz CT molecular complexity index is 1480. The SMILES string of the molecule is CCCCC(CCCC)OC(=O)OCC[C@@]1(C)C(c2cn3cnc(S(C)(=O)=O)c3s2)=C(C(=O)O)N2C(=O)[C@H]([C@@H](C)O)[C@@H]21. The second-order valence-corrected chi connectivity index (χ2v) is 14.3. The summed E-state index contributed by atoms with van der Waals surface area (Å²) in [6.07, 6.45) is 7.27. The van der Waals surface area contributed by atoms with Crippen LogP contribution in [0.5, 0.6) is 0 Å². The minimum absolute atomic E-state index is 0.120. The molecular weight excluding hydrogens is 586 g/mol. The summed E-state index contributed by atoms with van der Waals surface area (Å²) in [5.41, 5.74) is -0.982. The van der Waals surface area contributed by atoms with E-state index in [2.05, 4.69) is 18.8 Å². The first-order chi connectivity index (χ1) is 19.8. The highest BCUT2D eigenvalue weighted by molar-refractivity contribution is 7.91. The number of aliphatic carboxylic acids is 1. The van der Waals surface area contributed by atoms with Gasteiger partial charge in [-0.3, -0.25) is 9.20 Å². The van der Waals surface area contributed by atoms with Gasteiger partial charge in [0.2, 0.25) is 5.91 Å². The highest BCUT2D eigenvalue weighted by Gasteiger charge is 2.66. The van der Waals surface area contributed by atoms with E-state index in [-0.39, 0.29) is 29.9 Å². The number of ether oxygens (including phenoxy) is 2. The summed E-state index contributed by atoms with van der Waals surface area (Å²) in [7, 11) is -3.66. The molecule has 0 aromatic carbocycles. The predicted molar refractivity (Wildman–Crippen MR) is 155 cm³/mol. The van der Waals surface area contributed by atoms with Crippen molar-refractivity contribution >= 4 is 49.6 Å². The van der Waals surface area contributed by atoms with Crippen LogP contribution < -0.4 is 0 Å². The fraction of sp³-hybridized carbons (Fsp3) is 0.643. The average Bonchev–Trinajstić information content (AvgIpc) is 3.53. The van der Waals surface area contributed by atoms with Crippen molar-refractivity contribution in [1.29, 1.82) is 0 Å². The van der Waals surface area contributed by atoms with Crippen LogP contribution in [0.2, 0.25) is 0 Å². The number of unbranched alkanes of at least 4 members (excludes halogenated alkanes) is 2. The summed E-state index contributed by atoms with van der Waals surface area (Å²) < 4.78 is 37.2. The third kappa shape index (κ3) is 5.80. The smallest absolute Gasteiger partial charge is 0.477 e. The zero-order valence-electron chi connectivity index (χ0n) is 24.5. The minimum atomic E-state index is -3.66. The predicted octanol–water partition coefficient (Wildman–Crippen LogP) is 4.12. The molecule has 0 unspecified atom stereocenters. The zero-order chi connectivity index (χ0) is 31.0. The molecule has 2 aromatic heterocycles. The summed E-state index contributed by atoms with van der Waals surface area (Å²) in [5.74, 6) is -2.70. The average molecular weight is 626 g/mol.